The Kier molecular flexibility index (Phi) is 4.39. The average Bonchev–Trinajstić information content (AvgIpc) is 3.15. The summed E-state index contributed by atoms with van der Waals surface area (Å²) in [5, 5.41) is 0. The largest absolute Gasteiger partial charge is 0.454 e. The maximum atomic E-state index is 12.4. The monoisotopic (exact) mass is 337 g/mol. The molecule has 0 saturated carbocycles. The van der Waals surface area contributed by atoms with E-state index in [4.69, 9.17) is 14.2 Å². The zero-order valence-corrected chi connectivity index (χ0v) is 13.8. The predicted molar refractivity (Wildman–Crippen MR) is 95.4 cm³/mol. The number of morpholine rings is 1. The van der Waals surface area contributed by atoms with Crippen molar-refractivity contribution in [3.63, 3.8) is 0 Å². The van der Waals surface area contributed by atoms with Crippen LogP contribution in [0.1, 0.15) is 15.9 Å². The average molecular weight is 337 g/mol. The molecule has 4 rings (SSSR count). The molecule has 1 fully saturated rings. The number of carbonyl (C=O) groups is 1. The highest BCUT2D eigenvalue weighted by Crippen LogP contribution is 2.32. The first-order chi connectivity index (χ1) is 12.3. The van der Waals surface area contributed by atoms with Gasteiger partial charge in [-0.05, 0) is 48.0 Å². The minimum absolute atomic E-state index is 0.0220. The Morgan fingerprint density at radius 1 is 0.960 bits per heavy atom. The number of rotatable bonds is 4. The number of ether oxygens (including phenoxy) is 3. The lowest BCUT2D eigenvalue weighted by Gasteiger charge is -2.28. The number of hydrogen-bond donors (Lipinski definition) is 0. The molecule has 5 heteroatoms. The van der Waals surface area contributed by atoms with Gasteiger partial charge in [-0.1, -0.05) is 12.1 Å². The summed E-state index contributed by atoms with van der Waals surface area (Å²) in [5.74, 6) is 1.43. The van der Waals surface area contributed by atoms with Gasteiger partial charge in [0, 0.05) is 24.3 Å². The number of ketones is 1. The Labute approximate surface area is 146 Å². The first-order valence-corrected chi connectivity index (χ1v) is 8.34. The van der Waals surface area contributed by atoms with E-state index in [-0.39, 0.29) is 12.6 Å². The lowest BCUT2D eigenvalue weighted by atomic mass is 10.1. The van der Waals surface area contributed by atoms with Crippen molar-refractivity contribution in [3.8, 4) is 11.5 Å². The Morgan fingerprint density at radius 2 is 1.72 bits per heavy atom. The Bertz CT molecular complexity index is 792. The van der Waals surface area contributed by atoms with E-state index in [1.807, 2.05) is 42.5 Å². The maximum Gasteiger partial charge on any atom is 0.231 e. The number of fused-ring (bicyclic) bond motifs is 1. The van der Waals surface area contributed by atoms with E-state index in [0.29, 0.717) is 11.3 Å². The van der Waals surface area contributed by atoms with Crippen LogP contribution >= 0.6 is 0 Å². The Hall–Kier alpha value is -2.79. The fourth-order valence-electron chi connectivity index (χ4n) is 2.94. The molecule has 2 aliphatic heterocycles. The van der Waals surface area contributed by atoms with Gasteiger partial charge in [0.05, 0.1) is 13.2 Å². The molecule has 2 heterocycles. The Balaban J connectivity index is 1.43. The van der Waals surface area contributed by atoms with Gasteiger partial charge in [-0.25, -0.2) is 0 Å². The van der Waals surface area contributed by atoms with Crippen LogP contribution in [-0.4, -0.2) is 38.9 Å². The zero-order valence-electron chi connectivity index (χ0n) is 13.8. The number of hydrogen-bond acceptors (Lipinski definition) is 5. The maximum absolute atomic E-state index is 12.4. The smallest absolute Gasteiger partial charge is 0.231 e. The number of allylic oxidation sites excluding steroid dienone is 1. The summed E-state index contributed by atoms with van der Waals surface area (Å²) in [7, 11) is 0. The summed E-state index contributed by atoms with van der Waals surface area (Å²) in [6.07, 6.45) is 3.38. The van der Waals surface area contributed by atoms with Crippen LogP contribution in [0.4, 0.5) is 5.69 Å². The molecule has 0 N–H and O–H groups in total. The molecule has 1 saturated heterocycles. The van der Waals surface area contributed by atoms with Gasteiger partial charge in [0.15, 0.2) is 17.3 Å². The number of carbonyl (C=O) groups excluding carboxylic acids is 1. The molecule has 2 aliphatic rings. The van der Waals surface area contributed by atoms with Gasteiger partial charge < -0.3 is 19.1 Å². The van der Waals surface area contributed by atoms with Crippen molar-refractivity contribution in [1.82, 2.24) is 0 Å². The summed E-state index contributed by atoms with van der Waals surface area (Å²) in [4.78, 5) is 14.6. The minimum atomic E-state index is -0.0220. The van der Waals surface area contributed by atoms with Gasteiger partial charge in [0.1, 0.15) is 0 Å². The third kappa shape index (κ3) is 3.51. The third-order valence-corrected chi connectivity index (χ3v) is 4.35. The number of anilines is 1. The molecule has 0 bridgehead atoms. The van der Waals surface area contributed by atoms with Gasteiger partial charge in [-0.15, -0.1) is 0 Å². The first kappa shape index (κ1) is 15.7. The molecule has 2 aromatic carbocycles. The lowest BCUT2D eigenvalue weighted by Crippen LogP contribution is -2.36. The number of benzene rings is 2. The highest BCUT2D eigenvalue weighted by atomic mass is 16.7. The molecule has 0 aliphatic carbocycles. The summed E-state index contributed by atoms with van der Waals surface area (Å²) >= 11 is 0. The van der Waals surface area contributed by atoms with Gasteiger partial charge >= 0.3 is 0 Å². The normalized spacial score (nSPS) is 16.4. The van der Waals surface area contributed by atoms with E-state index in [9.17, 15) is 4.79 Å². The highest BCUT2D eigenvalue weighted by Gasteiger charge is 2.13. The van der Waals surface area contributed by atoms with Gasteiger partial charge in [0.25, 0.3) is 0 Å². The standard InChI is InChI=1S/C20H19NO4/c22-18(7-1-15-2-8-19-20(13-15)25-14-24-19)16-3-5-17(6-4-16)21-9-11-23-12-10-21/h1-8,13H,9-12,14H2/b7-1+. The van der Waals surface area contributed by atoms with Crippen molar-refractivity contribution in [2.75, 3.05) is 38.0 Å². The van der Waals surface area contributed by atoms with Crippen LogP contribution in [0.5, 0.6) is 11.5 Å². The molecule has 25 heavy (non-hydrogen) atoms. The van der Waals surface area contributed by atoms with Crippen LogP contribution in [0, 0.1) is 0 Å². The van der Waals surface area contributed by atoms with E-state index in [2.05, 4.69) is 4.90 Å². The van der Waals surface area contributed by atoms with Crippen LogP contribution in [-0.2, 0) is 4.74 Å². The molecule has 0 radical (unpaired) electrons. The van der Waals surface area contributed by atoms with Crippen molar-refractivity contribution in [1.29, 1.82) is 0 Å². The van der Waals surface area contributed by atoms with E-state index < -0.39 is 0 Å². The van der Waals surface area contributed by atoms with Crippen LogP contribution < -0.4 is 14.4 Å². The topological polar surface area (TPSA) is 48.0 Å². The van der Waals surface area contributed by atoms with Crippen molar-refractivity contribution < 1.29 is 19.0 Å². The molecule has 0 spiro atoms. The zero-order chi connectivity index (χ0) is 17.1. The second-order valence-corrected chi connectivity index (χ2v) is 5.96. The van der Waals surface area contributed by atoms with Crippen molar-refractivity contribution in [2.45, 2.75) is 0 Å². The van der Waals surface area contributed by atoms with Crippen molar-refractivity contribution in [3.05, 3.63) is 59.7 Å². The molecule has 5 nitrogen and oxygen atoms in total. The molecule has 0 amide bonds. The lowest BCUT2D eigenvalue weighted by molar-refractivity contribution is 0.104. The molecule has 2 aromatic rings. The van der Waals surface area contributed by atoms with Crippen LogP contribution in [0.15, 0.2) is 48.5 Å². The van der Waals surface area contributed by atoms with Gasteiger partial charge in [-0.3, -0.25) is 4.79 Å². The third-order valence-electron chi connectivity index (χ3n) is 4.35. The Morgan fingerprint density at radius 3 is 2.52 bits per heavy atom. The highest BCUT2D eigenvalue weighted by molar-refractivity contribution is 6.07. The fourth-order valence-corrected chi connectivity index (χ4v) is 2.94. The minimum Gasteiger partial charge on any atom is -0.454 e. The molecule has 0 unspecified atom stereocenters. The van der Waals surface area contributed by atoms with E-state index in [1.54, 1.807) is 12.2 Å². The molecule has 128 valence electrons. The molecule has 0 aromatic heterocycles. The number of nitrogens with zero attached hydrogens (tertiary/aromatic N) is 1. The van der Waals surface area contributed by atoms with E-state index in [1.165, 1.54) is 0 Å². The summed E-state index contributed by atoms with van der Waals surface area (Å²) < 4.78 is 16.0. The van der Waals surface area contributed by atoms with E-state index >= 15 is 0 Å². The predicted octanol–water partition coefficient (Wildman–Crippen LogP) is 3.15. The van der Waals surface area contributed by atoms with Crippen molar-refractivity contribution in [2.24, 2.45) is 0 Å². The summed E-state index contributed by atoms with van der Waals surface area (Å²) in [5.41, 5.74) is 2.70. The van der Waals surface area contributed by atoms with Crippen molar-refractivity contribution >= 4 is 17.5 Å². The summed E-state index contributed by atoms with van der Waals surface area (Å²) in [6.45, 7) is 3.52. The molecular weight excluding hydrogens is 318 g/mol. The van der Waals surface area contributed by atoms with Gasteiger partial charge in [-0.2, -0.15) is 0 Å². The van der Waals surface area contributed by atoms with Gasteiger partial charge in [0.2, 0.25) is 6.79 Å². The summed E-state index contributed by atoms with van der Waals surface area (Å²) in [6, 6.07) is 13.4. The second kappa shape index (κ2) is 6.99. The second-order valence-electron chi connectivity index (χ2n) is 5.96. The SMILES string of the molecule is O=C(/C=C/c1ccc2c(c1)OCO2)c1ccc(N2CCOCC2)cc1. The van der Waals surface area contributed by atoms with Crippen LogP contribution in [0.2, 0.25) is 0 Å². The first-order valence-electron chi connectivity index (χ1n) is 8.34. The van der Waals surface area contributed by atoms with E-state index in [0.717, 1.165) is 43.3 Å². The van der Waals surface area contributed by atoms with Crippen LogP contribution in [0.3, 0.4) is 0 Å². The fraction of sp³-hybridized carbons (Fsp3) is 0.250. The quantitative estimate of drug-likeness (QED) is 0.634. The molecule has 0 atom stereocenters. The molecular formula is C20H19NO4. The van der Waals surface area contributed by atoms with Crippen LogP contribution in [0.25, 0.3) is 6.08 Å².